The largest absolute Gasteiger partial charge is 0.482 e. The Kier molecular flexibility index (Phi) is 10.7. The predicted molar refractivity (Wildman–Crippen MR) is 148 cm³/mol. The van der Waals surface area contributed by atoms with Gasteiger partial charge in [-0.2, -0.15) is 0 Å². The molecule has 0 aliphatic carbocycles. The summed E-state index contributed by atoms with van der Waals surface area (Å²) in [7, 11) is 0. The lowest BCUT2D eigenvalue weighted by molar-refractivity contribution is -0.143. The van der Waals surface area contributed by atoms with Crippen molar-refractivity contribution in [2.75, 3.05) is 6.61 Å². The number of nitrogens with one attached hydrogen (secondary N) is 1. The lowest BCUT2D eigenvalue weighted by atomic mass is 10.0. The van der Waals surface area contributed by atoms with Crippen molar-refractivity contribution in [2.45, 2.75) is 45.3 Å². The van der Waals surface area contributed by atoms with E-state index in [1.54, 1.807) is 35.2 Å². The molecule has 0 radical (unpaired) electrons. The van der Waals surface area contributed by atoms with E-state index < -0.39 is 6.04 Å². The molecule has 0 saturated carbocycles. The first-order valence-electron chi connectivity index (χ1n) is 11.7. The highest BCUT2D eigenvalue weighted by molar-refractivity contribution is 9.10. The van der Waals surface area contributed by atoms with Gasteiger partial charge in [0.25, 0.3) is 5.91 Å². The van der Waals surface area contributed by atoms with Crippen molar-refractivity contribution in [3.05, 3.63) is 98.4 Å². The van der Waals surface area contributed by atoms with Gasteiger partial charge in [0, 0.05) is 28.5 Å². The fourth-order valence-corrected chi connectivity index (χ4v) is 4.45. The molecular formula is C28H29BrCl2N2O3. The molecule has 0 unspecified atom stereocenters. The Morgan fingerprint density at radius 1 is 1.00 bits per heavy atom. The SMILES string of the molecule is CC[C@@H](C)NC(=O)[C@H](Cc1ccccc1)N(Cc1ccc(Cl)cc1)C(=O)COc1ccc(Br)cc1Cl. The first kappa shape index (κ1) is 28.0. The molecule has 0 heterocycles. The molecule has 0 spiro atoms. The minimum absolute atomic E-state index is 0.0268. The molecule has 36 heavy (non-hydrogen) atoms. The Labute approximate surface area is 230 Å². The molecule has 3 rings (SSSR count). The zero-order chi connectivity index (χ0) is 26.1. The van der Waals surface area contributed by atoms with Gasteiger partial charge < -0.3 is 15.0 Å². The van der Waals surface area contributed by atoms with E-state index >= 15 is 0 Å². The fourth-order valence-electron chi connectivity index (χ4n) is 3.60. The van der Waals surface area contributed by atoms with Crippen molar-refractivity contribution in [2.24, 2.45) is 0 Å². The van der Waals surface area contributed by atoms with E-state index in [-0.39, 0.29) is 31.0 Å². The number of benzene rings is 3. The highest BCUT2D eigenvalue weighted by Gasteiger charge is 2.31. The van der Waals surface area contributed by atoms with Gasteiger partial charge >= 0.3 is 0 Å². The van der Waals surface area contributed by atoms with Gasteiger partial charge in [-0.25, -0.2) is 0 Å². The van der Waals surface area contributed by atoms with Gasteiger partial charge in [0.05, 0.1) is 5.02 Å². The smallest absolute Gasteiger partial charge is 0.261 e. The van der Waals surface area contributed by atoms with Crippen LogP contribution in [0.3, 0.4) is 0 Å². The molecule has 8 heteroatoms. The zero-order valence-electron chi connectivity index (χ0n) is 20.2. The number of nitrogens with zero attached hydrogens (tertiary/aromatic N) is 1. The van der Waals surface area contributed by atoms with Crippen LogP contribution in [0, 0.1) is 0 Å². The van der Waals surface area contributed by atoms with Crippen molar-refractivity contribution < 1.29 is 14.3 Å². The van der Waals surface area contributed by atoms with Crippen molar-refractivity contribution >= 4 is 50.9 Å². The highest BCUT2D eigenvalue weighted by Crippen LogP contribution is 2.28. The zero-order valence-corrected chi connectivity index (χ0v) is 23.3. The van der Waals surface area contributed by atoms with Crippen LogP contribution in [-0.4, -0.2) is 35.4 Å². The molecule has 190 valence electrons. The molecule has 2 amide bonds. The third kappa shape index (κ3) is 8.26. The van der Waals surface area contributed by atoms with Crippen LogP contribution in [0.4, 0.5) is 0 Å². The Morgan fingerprint density at radius 2 is 1.69 bits per heavy atom. The quantitative estimate of drug-likeness (QED) is 0.270. The van der Waals surface area contributed by atoms with Crippen LogP contribution in [0.15, 0.2) is 77.3 Å². The Morgan fingerprint density at radius 3 is 2.33 bits per heavy atom. The lowest BCUT2D eigenvalue weighted by Gasteiger charge is -2.32. The van der Waals surface area contributed by atoms with E-state index in [4.69, 9.17) is 27.9 Å². The van der Waals surface area contributed by atoms with E-state index in [1.165, 1.54) is 0 Å². The lowest BCUT2D eigenvalue weighted by Crippen LogP contribution is -2.53. The van der Waals surface area contributed by atoms with Crippen molar-refractivity contribution in [1.29, 1.82) is 0 Å². The van der Waals surface area contributed by atoms with E-state index in [1.807, 2.05) is 56.3 Å². The average Bonchev–Trinajstić information content (AvgIpc) is 2.87. The van der Waals surface area contributed by atoms with E-state index in [0.29, 0.717) is 22.2 Å². The summed E-state index contributed by atoms with van der Waals surface area (Å²) >= 11 is 15.7. The topological polar surface area (TPSA) is 58.6 Å². The maximum atomic E-state index is 13.6. The molecule has 3 aromatic rings. The predicted octanol–water partition coefficient (Wildman–Crippen LogP) is 6.69. The Balaban J connectivity index is 1.91. The van der Waals surface area contributed by atoms with Crippen molar-refractivity contribution in [1.82, 2.24) is 10.2 Å². The second-order valence-electron chi connectivity index (χ2n) is 8.53. The van der Waals surface area contributed by atoms with Crippen LogP contribution in [0.2, 0.25) is 10.0 Å². The molecule has 1 N–H and O–H groups in total. The van der Waals surface area contributed by atoms with E-state index in [9.17, 15) is 9.59 Å². The number of carbonyl (C=O) groups excluding carboxylic acids is 2. The molecule has 0 fully saturated rings. The summed E-state index contributed by atoms with van der Waals surface area (Å²) in [6.07, 6.45) is 1.14. The maximum absolute atomic E-state index is 13.6. The van der Waals surface area contributed by atoms with Gasteiger partial charge in [0.15, 0.2) is 6.61 Å². The minimum atomic E-state index is -0.742. The van der Waals surface area contributed by atoms with Crippen LogP contribution in [0.1, 0.15) is 31.4 Å². The molecular weight excluding hydrogens is 563 g/mol. The summed E-state index contributed by atoms with van der Waals surface area (Å²) in [5.74, 6) is -0.148. The molecule has 2 atom stereocenters. The van der Waals surface area contributed by atoms with Crippen LogP contribution >= 0.6 is 39.1 Å². The van der Waals surface area contributed by atoms with Crippen LogP contribution in [-0.2, 0) is 22.6 Å². The summed E-state index contributed by atoms with van der Waals surface area (Å²) in [6.45, 7) is 3.90. The summed E-state index contributed by atoms with van der Waals surface area (Å²) in [6, 6.07) is 21.3. The second-order valence-corrected chi connectivity index (χ2v) is 10.3. The third-order valence-electron chi connectivity index (χ3n) is 5.78. The summed E-state index contributed by atoms with van der Waals surface area (Å²) in [5, 5.41) is 4.03. The number of carbonyl (C=O) groups is 2. The number of hydrogen-bond acceptors (Lipinski definition) is 3. The third-order valence-corrected chi connectivity index (χ3v) is 6.82. The van der Waals surface area contributed by atoms with Gasteiger partial charge in [-0.1, -0.05) is 88.5 Å². The second kappa shape index (κ2) is 13.7. The molecule has 0 aromatic heterocycles. The van der Waals surface area contributed by atoms with E-state index in [0.717, 1.165) is 22.0 Å². The summed E-state index contributed by atoms with van der Waals surface area (Å²) in [4.78, 5) is 28.6. The number of rotatable bonds is 11. The number of ether oxygens (including phenoxy) is 1. The first-order chi connectivity index (χ1) is 17.3. The van der Waals surface area contributed by atoms with Crippen LogP contribution in [0.5, 0.6) is 5.75 Å². The molecule has 0 aliphatic heterocycles. The van der Waals surface area contributed by atoms with Gasteiger partial charge in [-0.05, 0) is 54.8 Å². The molecule has 3 aromatic carbocycles. The molecule has 0 saturated heterocycles. The summed E-state index contributed by atoms with van der Waals surface area (Å²) in [5.41, 5.74) is 1.80. The average molecular weight is 592 g/mol. The first-order valence-corrected chi connectivity index (χ1v) is 13.3. The molecule has 0 bridgehead atoms. The molecule has 0 aliphatic rings. The normalized spacial score (nSPS) is 12.5. The van der Waals surface area contributed by atoms with Crippen molar-refractivity contribution in [3.8, 4) is 5.75 Å². The summed E-state index contributed by atoms with van der Waals surface area (Å²) < 4.78 is 6.58. The number of hydrogen-bond donors (Lipinski definition) is 1. The monoisotopic (exact) mass is 590 g/mol. The maximum Gasteiger partial charge on any atom is 0.261 e. The highest BCUT2D eigenvalue weighted by atomic mass is 79.9. The Hall–Kier alpha value is -2.54. The molecule has 5 nitrogen and oxygen atoms in total. The van der Waals surface area contributed by atoms with Crippen LogP contribution < -0.4 is 10.1 Å². The number of halogens is 3. The van der Waals surface area contributed by atoms with Crippen LogP contribution in [0.25, 0.3) is 0 Å². The Bertz CT molecular complexity index is 1160. The van der Waals surface area contributed by atoms with E-state index in [2.05, 4.69) is 21.2 Å². The minimum Gasteiger partial charge on any atom is -0.482 e. The standard InChI is InChI=1S/C28H29BrCl2N2O3/c1-3-19(2)32-28(35)25(15-20-7-5-4-6-8-20)33(17-21-9-12-23(30)13-10-21)27(34)18-36-26-14-11-22(29)16-24(26)31/h4-14,16,19,25H,3,15,17-18H2,1-2H3,(H,32,35)/t19-,25+/m1/s1. The van der Waals surface area contributed by atoms with Gasteiger partial charge in [-0.3, -0.25) is 9.59 Å². The fraction of sp³-hybridized carbons (Fsp3) is 0.286. The van der Waals surface area contributed by atoms with Gasteiger partial charge in [0.1, 0.15) is 11.8 Å². The van der Waals surface area contributed by atoms with Gasteiger partial charge in [-0.15, -0.1) is 0 Å². The van der Waals surface area contributed by atoms with Gasteiger partial charge in [0.2, 0.25) is 5.91 Å². The number of amides is 2. The van der Waals surface area contributed by atoms with Crippen molar-refractivity contribution in [3.63, 3.8) is 0 Å².